The van der Waals surface area contributed by atoms with Crippen molar-refractivity contribution in [2.24, 2.45) is 0 Å². The molecule has 21 heavy (non-hydrogen) atoms. The van der Waals surface area contributed by atoms with Crippen LogP contribution in [0.15, 0.2) is 57.9 Å². The zero-order valence-electron chi connectivity index (χ0n) is 11.5. The molecule has 0 saturated carbocycles. The largest absolute Gasteiger partial charge is 0.264 e. The summed E-state index contributed by atoms with van der Waals surface area (Å²) in [6.45, 7) is 2.28. The zero-order valence-corrected chi connectivity index (χ0v) is 13.9. The van der Waals surface area contributed by atoms with Crippen LogP contribution in [0.4, 0.5) is 5.69 Å². The Labute approximate surface area is 133 Å². The van der Waals surface area contributed by atoms with Gasteiger partial charge in [0.05, 0.1) is 17.1 Å². The van der Waals surface area contributed by atoms with Crippen molar-refractivity contribution >= 4 is 37.7 Å². The molecule has 0 atom stereocenters. The van der Waals surface area contributed by atoms with Crippen molar-refractivity contribution in [1.82, 2.24) is 0 Å². The second kappa shape index (κ2) is 5.31. The predicted octanol–water partition coefficient (Wildman–Crippen LogP) is 3.98. The fourth-order valence-corrected chi connectivity index (χ4v) is 4.10. The third kappa shape index (κ3) is 2.63. The van der Waals surface area contributed by atoms with Crippen LogP contribution in [0.2, 0.25) is 0 Å². The Kier molecular flexibility index (Phi) is 3.63. The van der Waals surface area contributed by atoms with Gasteiger partial charge in [0.15, 0.2) is 0 Å². The maximum Gasteiger partial charge on any atom is 0.264 e. The number of hydrogen-bond donors (Lipinski definition) is 0. The Balaban J connectivity index is 2.11. The average Bonchev–Trinajstić information content (AvgIpc) is 2.47. The minimum absolute atomic E-state index is 0.314. The Morgan fingerprint density at radius 1 is 1.10 bits per heavy atom. The average molecular weight is 364 g/mol. The van der Waals surface area contributed by atoms with E-state index in [1.165, 1.54) is 4.31 Å². The molecular weight excluding hydrogens is 350 g/mol. The van der Waals surface area contributed by atoms with Crippen molar-refractivity contribution in [3.8, 4) is 0 Å². The molecule has 0 aliphatic carbocycles. The maximum absolute atomic E-state index is 12.8. The molecule has 0 bridgehead atoms. The van der Waals surface area contributed by atoms with E-state index in [1.807, 2.05) is 49.4 Å². The van der Waals surface area contributed by atoms with Gasteiger partial charge >= 0.3 is 0 Å². The van der Waals surface area contributed by atoms with Gasteiger partial charge in [-0.3, -0.25) is 4.31 Å². The van der Waals surface area contributed by atoms with E-state index in [2.05, 4.69) is 15.9 Å². The van der Waals surface area contributed by atoms with E-state index >= 15 is 0 Å². The Hall–Kier alpha value is -1.59. The third-order valence-corrected chi connectivity index (χ3v) is 5.73. The lowest BCUT2D eigenvalue weighted by atomic mass is 10.1. The number of hydrogen-bond acceptors (Lipinski definition) is 2. The van der Waals surface area contributed by atoms with Gasteiger partial charge < -0.3 is 0 Å². The van der Waals surface area contributed by atoms with Gasteiger partial charge in [-0.05, 0) is 36.8 Å². The summed E-state index contributed by atoms with van der Waals surface area (Å²) in [5.74, 6) is 0. The van der Waals surface area contributed by atoms with E-state index in [1.54, 1.807) is 12.1 Å². The van der Waals surface area contributed by atoms with Crippen molar-refractivity contribution in [2.45, 2.75) is 11.8 Å². The van der Waals surface area contributed by atoms with Crippen LogP contribution in [0.1, 0.15) is 11.1 Å². The highest BCUT2D eigenvalue weighted by molar-refractivity contribution is 9.10. The van der Waals surface area contributed by atoms with Crippen LogP contribution in [-0.4, -0.2) is 15.0 Å². The first kappa shape index (κ1) is 14.4. The van der Waals surface area contributed by atoms with Gasteiger partial charge in [0.25, 0.3) is 10.0 Å². The third-order valence-electron chi connectivity index (χ3n) is 3.44. The van der Waals surface area contributed by atoms with Crippen molar-refractivity contribution in [2.75, 3.05) is 10.8 Å². The number of halogens is 1. The van der Waals surface area contributed by atoms with Gasteiger partial charge in [0.1, 0.15) is 0 Å². The van der Waals surface area contributed by atoms with Crippen LogP contribution in [0.25, 0.3) is 6.08 Å². The van der Waals surface area contributed by atoms with Gasteiger partial charge in [0.2, 0.25) is 0 Å². The first-order chi connectivity index (χ1) is 9.98. The van der Waals surface area contributed by atoms with E-state index < -0.39 is 10.0 Å². The molecule has 0 amide bonds. The summed E-state index contributed by atoms with van der Waals surface area (Å²) in [4.78, 5) is 0.314. The molecule has 0 fully saturated rings. The molecule has 2 aromatic rings. The Morgan fingerprint density at radius 2 is 1.81 bits per heavy atom. The van der Waals surface area contributed by atoms with Crippen LogP contribution >= 0.6 is 15.9 Å². The summed E-state index contributed by atoms with van der Waals surface area (Å²) < 4.78 is 28.0. The molecule has 0 saturated heterocycles. The molecule has 0 aromatic heterocycles. The molecule has 1 aliphatic heterocycles. The molecule has 3 rings (SSSR count). The van der Waals surface area contributed by atoms with Gasteiger partial charge in [0, 0.05) is 4.47 Å². The first-order valence-corrected chi connectivity index (χ1v) is 8.77. The van der Waals surface area contributed by atoms with Crippen LogP contribution in [0.5, 0.6) is 0 Å². The molecule has 5 heteroatoms. The van der Waals surface area contributed by atoms with Crippen molar-refractivity contribution in [3.05, 3.63) is 64.1 Å². The van der Waals surface area contributed by atoms with Crippen LogP contribution in [0, 0.1) is 6.92 Å². The summed E-state index contributed by atoms with van der Waals surface area (Å²) in [6, 6.07) is 12.6. The molecule has 0 unspecified atom stereocenters. The topological polar surface area (TPSA) is 37.4 Å². The summed E-state index contributed by atoms with van der Waals surface area (Å²) in [7, 11) is -3.55. The fraction of sp³-hybridized carbons (Fsp3) is 0.125. The first-order valence-electron chi connectivity index (χ1n) is 6.54. The minimum Gasteiger partial charge on any atom is -0.262 e. The Bertz CT molecular complexity index is 811. The molecule has 0 N–H and O–H groups in total. The van der Waals surface area contributed by atoms with Gasteiger partial charge in [-0.2, -0.15) is 0 Å². The number of benzene rings is 2. The van der Waals surface area contributed by atoms with E-state index in [9.17, 15) is 8.42 Å². The lowest BCUT2D eigenvalue weighted by Gasteiger charge is -2.27. The summed E-state index contributed by atoms with van der Waals surface area (Å²) >= 11 is 3.40. The van der Waals surface area contributed by atoms with E-state index in [-0.39, 0.29) is 0 Å². The second-order valence-electron chi connectivity index (χ2n) is 4.95. The minimum atomic E-state index is -3.55. The summed E-state index contributed by atoms with van der Waals surface area (Å²) in [5, 5.41) is 0. The molecule has 2 aromatic carbocycles. The summed E-state index contributed by atoms with van der Waals surface area (Å²) in [6.07, 6.45) is 3.81. The number of fused-ring (bicyclic) bond motifs is 1. The van der Waals surface area contributed by atoms with Crippen molar-refractivity contribution in [1.29, 1.82) is 0 Å². The number of sulfonamides is 1. The van der Waals surface area contributed by atoms with E-state index in [0.717, 1.165) is 15.6 Å². The fourth-order valence-electron chi connectivity index (χ4n) is 2.31. The molecule has 0 radical (unpaired) electrons. The number of nitrogens with zero attached hydrogens (tertiary/aromatic N) is 1. The number of rotatable bonds is 2. The van der Waals surface area contributed by atoms with E-state index in [0.29, 0.717) is 17.1 Å². The highest BCUT2D eigenvalue weighted by atomic mass is 79.9. The lowest BCUT2D eigenvalue weighted by molar-refractivity contribution is 0.592. The zero-order chi connectivity index (χ0) is 15.0. The SMILES string of the molecule is Cc1ccc(S(=O)(=O)N2CC=Cc3ccc(Br)cc32)cc1. The lowest BCUT2D eigenvalue weighted by Crippen LogP contribution is -2.33. The molecule has 1 aliphatic rings. The Morgan fingerprint density at radius 3 is 2.52 bits per heavy atom. The highest BCUT2D eigenvalue weighted by Gasteiger charge is 2.27. The number of aryl methyl sites for hydroxylation is 1. The van der Waals surface area contributed by atoms with Crippen LogP contribution < -0.4 is 4.31 Å². The molecule has 3 nitrogen and oxygen atoms in total. The van der Waals surface area contributed by atoms with Gasteiger partial charge in [-0.25, -0.2) is 8.42 Å². The highest BCUT2D eigenvalue weighted by Crippen LogP contribution is 2.33. The van der Waals surface area contributed by atoms with Crippen molar-refractivity contribution < 1.29 is 8.42 Å². The maximum atomic E-state index is 12.8. The molecular formula is C16H14BrNO2S. The van der Waals surface area contributed by atoms with Crippen LogP contribution in [-0.2, 0) is 10.0 Å². The molecule has 1 heterocycles. The normalized spacial score (nSPS) is 14.1. The van der Waals surface area contributed by atoms with Gasteiger partial charge in [-0.1, -0.05) is 51.8 Å². The quantitative estimate of drug-likeness (QED) is 0.808. The van der Waals surface area contributed by atoms with Crippen molar-refractivity contribution in [3.63, 3.8) is 0 Å². The smallest absolute Gasteiger partial charge is 0.262 e. The van der Waals surface area contributed by atoms with Gasteiger partial charge in [-0.15, -0.1) is 0 Å². The predicted molar refractivity (Wildman–Crippen MR) is 88.9 cm³/mol. The summed E-state index contributed by atoms with van der Waals surface area (Å²) in [5.41, 5.74) is 2.64. The number of anilines is 1. The molecule has 0 spiro atoms. The monoisotopic (exact) mass is 363 g/mol. The van der Waals surface area contributed by atoms with E-state index in [4.69, 9.17) is 0 Å². The van der Waals surface area contributed by atoms with Crippen LogP contribution in [0.3, 0.4) is 0 Å². The standard InChI is InChI=1S/C16H14BrNO2S/c1-12-4-8-15(9-5-12)21(19,20)18-10-2-3-13-6-7-14(17)11-16(13)18/h2-9,11H,10H2,1H3. The second-order valence-corrected chi connectivity index (χ2v) is 7.73. The molecule has 108 valence electrons.